The van der Waals surface area contributed by atoms with Crippen molar-refractivity contribution in [1.82, 2.24) is 4.98 Å². The molecule has 6 heteroatoms. The molecule has 0 amide bonds. The van der Waals surface area contributed by atoms with Gasteiger partial charge in [0.15, 0.2) is 0 Å². The van der Waals surface area contributed by atoms with Gasteiger partial charge in [-0.15, -0.1) is 0 Å². The summed E-state index contributed by atoms with van der Waals surface area (Å²) in [5.41, 5.74) is 0.850. The highest BCUT2D eigenvalue weighted by atomic mass is 16.4. The number of rotatable bonds is 5. The number of pyridine rings is 1. The first-order chi connectivity index (χ1) is 9.93. The Bertz CT molecular complexity index is 559. The van der Waals surface area contributed by atoms with Crippen LogP contribution in [0.25, 0.3) is 0 Å². The molecule has 0 aromatic carbocycles. The third-order valence-electron chi connectivity index (χ3n) is 3.96. The van der Waals surface area contributed by atoms with Crippen LogP contribution in [-0.2, 0) is 4.79 Å². The second-order valence-electron chi connectivity index (χ2n) is 5.53. The van der Waals surface area contributed by atoms with E-state index in [-0.39, 0.29) is 11.5 Å². The molecular weight excluding hydrogens is 272 g/mol. The van der Waals surface area contributed by atoms with Crippen molar-refractivity contribution in [3.05, 3.63) is 23.4 Å². The largest absolute Gasteiger partial charge is 0.481 e. The van der Waals surface area contributed by atoms with E-state index in [1.807, 2.05) is 6.92 Å². The number of aliphatic carboxylic acids is 1. The van der Waals surface area contributed by atoms with Crippen molar-refractivity contribution in [2.75, 3.05) is 18.0 Å². The topological polar surface area (TPSA) is 90.7 Å². The van der Waals surface area contributed by atoms with E-state index >= 15 is 0 Å². The Morgan fingerprint density at radius 3 is 2.62 bits per heavy atom. The van der Waals surface area contributed by atoms with Gasteiger partial charge in [-0.2, -0.15) is 0 Å². The molecule has 0 spiro atoms. The summed E-state index contributed by atoms with van der Waals surface area (Å²) in [4.78, 5) is 28.8. The van der Waals surface area contributed by atoms with Gasteiger partial charge in [-0.1, -0.05) is 13.3 Å². The van der Waals surface area contributed by atoms with Gasteiger partial charge in [-0.3, -0.25) is 4.79 Å². The number of carbonyl (C=O) groups is 2. The zero-order valence-electron chi connectivity index (χ0n) is 12.2. The maximum Gasteiger partial charge on any atom is 0.339 e. The second kappa shape index (κ2) is 6.11. The molecule has 1 fully saturated rings. The number of carboxylic acid groups (broad SMARTS) is 2. The highest BCUT2D eigenvalue weighted by Gasteiger charge is 2.38. The lowest BCUT2D eigenvalue weighted by Gasteiger charge is -2.19. The van der Waals surface area contributed by atoms with E-state index in [0.717, 1.165) is 18.5 Å². The first-order valence-corrected chi connectivity index (χ1v) is 7.12. The summed E-state index contributed by atoms with van der Waals surface area (Å²) in [6.07, 6.45) is 1.73. The number of aromatic carboxylic acids is 1. The monoisotopic (exact) mass is 292 g/mol. The summed E-state index contributed by atoms with van der Waals surface area (Å²) in [5.74, 6) is -1.90. The minimum atomic E-state index is -1.04. The summed E-state index contributed by atoms with van der Waals surface area (Å²) in [5, 5.41) is 18.6. The third kappa shape index (κ3) is 3.15. The lowest BCUT2D eigenvalue weighted by atomic mass is 9.92. The molecule has 0 unspecified atom stereocenters. The van der Waals surface area contributed by atoms with Crippen molar-refractivity contribution in [3.8, 4) is 0 Å². The van der Waals surface area contributed by atoms with Crippen LogP contribution in [0.1, 0.15) is 35.8 Å². The van der Waals surface area contributed by atoms with Gasteiger partial charge in [0.25, 0.3) is 0 Å². The summed E-state index contributed by atoms with van der Waals surface area (Å²) >= 11 is 0. The van der Waals surface area contributed by atoms with E-state index < -0.39 is 17.9 Å². The Labute approximate surface area is 123 Å². The first kappa shape index (κ1) is 15.3. The zero-order chi connectivity index (χ0) is 15.6. The van der Waals surface area contributed by atoms with Crippen LogP contribution in [-0.4, -0.2) is 40.2 Å². The van der Waals surface area contributed by atoms with Gasteiger partial charge < -0.3 is 15.1 Å². The Morgan fingerprint density at radius 1 is 1.33 bits per heavy atom. The van der Waals surface area contributed by atoms with E-state index in [1.165, 1.54) is 6.07 Å². The van der Waals surface area contributed by atoms with Gasteiger partial charge in [0, 0.05) is 18.8 Å². The maximum absolute atomic E-state index is 11.4. The molecule has 1 aromatic heterocycles. The van der Waals surface area contributed by atoms with Crippen LogP contribution >= 0.6 is 0 Å². The van der Waals surface area contributed by atoms with Crippen molar-refractivity contribution >= 4 is 17.8 Å². The average molecular weight is 292 g/mol. The smallest absolute Gasteiger partial charge is 0.339 e. The molecule has 21 heavy (non-hydrogen) atoms. The van der Waals surface area contributed by atoms with Crippen LogP contribution in [0.5, 0.6) is 0 Å². The fourth-order valence-electron chi connectivity index (χ4n) is 2.94. The van der Waals surface area contributed by atoms with E-state index in [2.05, 4.69) is 4.98 Å². The molecule has 0 bridgehead atoms. The van der Waals surface area contributed by atoms with Gasteiger partial charge >= 0.3 is 11.9 Å². The molecule has 0 saturated carbocycles. The lowest BCUT2D eigenvalue weighted by Crippen LogP contribution is -2.25. The molecule has 1 aromatic rings. The van der Waals surface area contributed by atoms with Crippen LogP contribution in [0, 0.1) is 18.8 Å². The predicted octanol–water partition coefficient (Wildman–Crippen LogP) is 2.03. The Hall–Kier alpha value is -2.11. The molecule has 0 radical (unpaired) electrons. The Morgan fingerprint density at radius 2 is 2.05 bits per heavy atom. The van der Waals surface area contributed by atoms with Crippen LogP contribution in [0.15, 0.2) is 12.1 Å². The zero-order valence-corrected chi connectivity index (χ0v) is 12.2. The highest BCUT2D eigenvalue weighted by Crippen LogP contribution is 2.32. The molecule has 2 heterocycles. The van der Waals surface area contributed by atoms with Crippen LogP contribution < -0.4 is 4.90 Å². The number of aryl methyl sites for hydroxylation is 1. The number of nitrogens with zero attached hydrogens (tertiary/aromatic N) is 2. The second-order valence-corrected chi connectivity index (χ2v) is 5.53. The number of anilines is 1. The molecule has 0 aliphatic carbocycles. The molecule has 6 nitrogen and oxygen atoms in total. The normalized spacial score (nSPS) is 21.5. The Kier molecular flexibility index (Phi) is 4.45. The average Bonchev–Trinajstić information content (AvgIpc) is 2.83. The minimum absolute atomic E-state index is 0.0384. The lowest BCUT2D eigenvalue weighted by molar-refractivity contribution is -0.142. The van der Waals surface area contributed by atoms with Crippen molar-refractivity contribution in [2.24, 2.45) is 11.8 Å². The quantitative estimate of drug-likeness (QED) is 0.863. The van der Waals surface area contributed by atoms with Gasteiger partial charge in [0.1, 0.15) is 11.4 Å². The van der Waals surface area contributed by atoms with Crippen LogP contribution in [0.2, 0.25) is 0 Å². The van der Waals surface area contributed by atoms with E-state index in [9.17, 15) is 19.8 Å². The van der Waals surface area contributed by atoms with Crippen molar-refractivity contribution in [3.63, 3.8) is 0 Å². The summed E-state index contributed by atoms with van der Waals surface area (Å²) in [7, 11) is 0. The van der Waals surface area contributed by atoms with Crippen LogP contribution in [0.4, 0.5) is 5.82 Å². The SMILES string of the molecule is CCC[C@@H]1CN(c2nc(C)ccc2C(=O)O)C[C@H]1C(=O)O. The third-order valence-corrected chi connectivity index (χ3v) is 3.96. The standard InChI is InChI=1S/C15H20N2O4/c1-3-4-10-7-17(8-12(10)15(20)21)13-11(14(18)19)6-5-9(2)16-13/h5-6,10,12H,3-4,7-8H2,1-2H3,(H,18,19)(H,20,21)/t10-,12-/m1/s1. The minimum Gasteiger partial charge on any atom is -0.481 e. The van der Waals surface area contributed by atoms with Crippen LogP contribution in [0.3, 0.4) is 0 Å². The van der Waals surface area contributed by atoms with Crippen molar-refractivity contribution in [1.29, 1.82) is 0 Å². The fourth-order valence-corrected chi connectivity index (χ4v) is 2.94. The van der Waals surface area contributed by atoms with E-state index in [1.54, 1.807) is 17.9 Å². The molecular formula is C15H20N2O4. The number of hydrogen-bond acceptors (Lipinski definition) is 4. The molecule has 1 aliphatic rings. The highest BCUT2D eigenvalue weighted by molar-refractivity contribution is 5.93. The van der Waals surface area contributed by atoms with Gasteiger partial charge in [0.2, 0.25) is 0 Å². The molecule has 2 N–H and O–H groups in total. The van der Waals surface area contributed by atoms with Crippen molar-refractivity contribution < 1.29 is 19.8 Å². The predicted molar refractivity (Wildman–Crippen MR) is 77.7 cm³/mol. The molecule has 1 saturated heterocycles. The Balaban J connectivity index is 2.33. The molecule has 2 rings (SSSR count). The summed E-state index contributed by atoms with van der Waals surface area (Å²) in [6, 6.07) is 3.18. The first-order valence-electron chi connectivity index (χ1n) is 7.12. The van der Waals surface area contributed by atoms with Crippen molar-refractivity contribution in [2.45, 2.75) is 26.7 Å². The fraction of sp³-hybridized carbons (Fsp3) is 0.533. The summed E-state index contributed by atoms with van der Waals surface area (Å²) < 4.78 is 0. The number of carboxylic acids is 2. The molecule has 2 atom stereocenters. The van der Waals surface area contributed by atoms with Gasteiger partial charge in [-0.25, -0.2) is 9.78 Å². The maximum atomic E-state index is 11.4. The molecule has 114 valence electrons. The van der Waals surface area contributed by atoms with E-state index in [0.29, 0.717) is 18.9 Å². The van der Waals surface area contributed by atoms with Gasteiger partial charge in [0.05, 0.1) is 5.92 Å². The number of hydrogen-bond donors (Lipinski definition) is 2. The van der Waals surface area contributed by atoms with Gasteiger partial charge in [-0.05, 0) is 31.4 Å². The molecule has 1 aliphatic heterocycles. The van der Waals surface area contributed by atoms with E-state index in [4.69, 9.17) is 0 Å². The number of aromatic nitrogens is 1. The summed E-state index contributed by atoms with van der Waals surface area (Å²) in [6.45, 7) is 4.68.